The molecule has 0 spiro atoms. The molecule has 4 aromatic carbocycles. The van der Waals surface area contributed by atoms with Crippen molar-refractivity contribution in [3.63, 3.8) is 0 Å². The number of benzene rings is 4. The van der Waals surface area contributed by atoms with E-state index in [0.29, 0.717) is 12.1 Å². The number of aliphatic hydroxyl groups excluding tert-OH is 1. The Bertz CT molecular complexity index is 2050. The Morgan fingerprint density at radius 3 is 2.41 bits per heavy atom. The van der Waals surface area contributed by atoms with E-state index in [9.17, 15) is 9.90 Å². The van der Waals surface area contributed by atoms with Crippen molar-refractivity contribution >= 4 is 40.0 Å². The topological polar surface area (TPSA) is 119 Å². The lowest BCUT2D eigenvalue weighted by Crippen LogP contribution is -2.38. The number of amides is 1. The van der Waals surface area contributed by atoms with E-state index in [-0.39, 0.29) is 36.3 Å². The number of nitrogens with one attached hydrogen (secondary N) is 1. The molecular formula is C38H35N5O4S2. The lowest BCUT2D eigenvalue weighted by molar-refractivity contribution is -0.268. The molecule has 1 saturated heterocycles. The molecule has 0 saturated carbocycles. The van der Waals surface area contributed by atoms with Gasteiger partial charge in [0.05, 0.1) is 36.0 Å². The number of carbonyl (C=O) groups is 1. The van der Waals surface area contributed by atoms with E-state index in [4.69, 9.17) is 9.47 Å². The van der Waals surface area contributed by atoms with Crippen molar-refractivity contribution in [1.29, 1.82) is 0 Å². The molecule has 3 heterocycles. The van der Waals surface area contributed by atoms with Crippen LogP contribution in [0.25, 0.3) is 22.2 Å². The number of thioether (sulfide) groups is 1. The first kappa shape index (κ1) is 33.0. The van der Waals surface area contributed by atoms with Gasteiger partial charge in [0, 0.05) is 23.8 Å². The van der Waals surface area contributed by atoms with Crippen LogP contribution in [0.3, 0.4) is 0 Å². The van der Waals surface area contributed by atoms with E-state index in [1.54, 1.807) is 23.1 Å². The van der Waals surface area contributed by atoms with Crippen LogP contribution in [0.5, 0.6) is 0 Å². The summed E-state index contributed by atoms with van der Waals surface area (Å²) in [7, 11) is 0. The maximum absolute atomic E-state index is 12.9. The van der Waals surface area contributed by atoms with E-state index in [1.165, 1.54) is 6.20 Å². The number of nitrogens with zero attached hydrogens (tertiary/aromatic N) is 4. The van der Waals surface area contributed by atoms with Crippen molar-refractivity contribution in [2.75, 3.05) is 5.75 Å². The van der Waals surface area contributed by atoms with Crippen LogP contribution < -0.4 is 5.32 Å². The lowest BCUT2D eigenvalue weighted by atomic mass is 9.91. The van der Waals surface area contributed by atoms with Crippen molar-refractivity contribution in [3.8, 4) is 11.1 Å². The first-order chi connectivity index (χ1) is 23.9. The molecule has 1 amide bonds. The SMILES string of the molecule is Cc1nnc(SC[C@@H]2O[C@H](c3ccc(-c4cccc(CNC(=O)c5cnc6ccccc6n5)c4)cc3)O[C@H](c3ccc(CO)cc3)[C@@H]2C)s1. The van der Waals surface area contributed by atoms with Gasteiger partial charge in [-0.25, -0.2) is 4.98 Å². The molecule has 4 atom stereocenters. The summed E-state index contributed by atoms with van der Waals surface area (Å²) in [6, 6.07) is 31.8. The second kappa shape index (κ2) is 14.9. The fraction of sp³-hybridized carbons (Fsp3) is 0.237. The van der Waals surface area contributed by atoms with Crippen molar-refractivity contribution in [3.05, 3.63) is 136 Å². The van der Waals surface area contributed by atoms with Gasteiger partial charge in [-0.05, 0) is 52.9 Å². The molecule has 0 radical (unpaired) electrons. The summed E-state index contributed by atoms with van der Waals surface area (Å²) in [5.74, 6) is 0.525. The van der Waals surface area contributed by atoms with Gasteiger partial charge in [-0.2, -0.15) is 0 Å². The molecular weight excluding hydrogens is 655 g/mol. The summed E-state index contributed by atoms with van der Waals surface area (Å²) >= 11 is 3.24. The van der Waals surface area contributed by atoms with Crippen LogP contribution in [0.15, 0.2) is 108 Å². The number of hydrogen-bond donors (Lipinski definition) is 2. The third kappa shape index (κ3) is 7.71. The van der Waals surface area contributed by atoms with E-state index < -0.39 is 6.29 Å². The molecule has 0 bridgehead atoms. The van der Waals surface area contributed by atoms with Crippen molar-refractivity contribution in [1.82, 2.24) is 25.5 Å². The van der Waals surface area contributed by atoms with E-state index >= 15 is 0 Å². The first-order valence-corrected chi connectivity index (χ1v) is 17.9. The molecule has 248 valence electrons. The Kier molecular flexibility index (Phi) is 10.1. The quantitative estimate of drug-likeness (QED) is 0.141. The number of rotatable bonds is 10. The first-order valence-electron chi connectivity index (χ1n) is 16.1. The normalized spacial score (nSPS) is 19.2. The molecule has 2 N–H and O–H groups in total. The molecule has 0 aliphatic carbocycles. The summed E-state index contributed by atoms with van der Waals surface area (Å²) in [6.45, 7) is 4.47. The molecule has 49 heavy (non-hydrogen) atoms. The van der Waals surface area contributed by atoms with Crippen molar-refractivity contribution in [2.24, 2.45) is 5.92 Å². The third-order valence-corrected chi connectivity index (χ3v) is 10.6. The molecule has 2 aromatic heterocycles. The zero-order valence-electron chi connectivity index (χ0n) is 27.0. The predicted octanol–water partition coefficient (Wildman–Crippen LogP) is 7.46. The maximum atomic E-state index is 12.9. The minimum absolute atomic E-state index is 0.00195. The number of ether oxygens (including phenoxy) is 2. The average molecular weight is 690 g/mol. The van der Waals surface area contributed by atoms with Crippen LogP contribution in [0, 0.1) is 12.8 Å². The van der Waals surface area contributed by atoms with Crippen LogP contribution >= 0.6 is 23.1 Å². The van der Waals surface area contributed by atoms with E-state index in [0.717, 1.165) is 54.0 Å². The Morgan fingerprint density at radius 2 is 1.65 bits per heavy atom. The van der Waals surface area contributed by atoms with Gasteiger partial charge in [0.15, 0.2) is 10.6 Å². The van der Waals surface area contributed by atoms with Gasteiger partial charge < -0.3 is 19.9 Å². The molecule has 7 rings (SSSR count). The summed E-state index contributed by atoms with van der Waals surface area (Å²) in [5, 5.41) is 21.9. The molecule has 11 heteroatoms. The van der Waals surface area contributed by atoms with Gasteiger partial charge in [-0.1, -0.05) is 109 Å². The van der Waals surface area contributed by atoms with Gasteiger partial charge in [0.1, 0.15) is 10.7 Å². The molecule has 0 unspecified atom stereocenters. The number of aliphatic hydroxyl groups is 1. The number of hydrogen-bond acceptors (Lipinski definition) is 10. The van der Waals surface area contributed by atoms with Gasteiger partial charge in [0.2, 0.25) is 0 Å². The second-order valence-corrected chi connectivity index (χ2v) is 14.4. The van der Waals surface area contributed by atoms with Crippen LogP contribution in [0.2, 0.25) is 0 Å². The molecule has 1 aliphatic rings. The molecule has 9 nitrogen and oxygen atoms in total. The van der Waals surface area contributed by atoms with Crippen LogP contribution in [0.4, 0.5) is 0 Å². The monoisotopic (exact) mass is 689 g/mol. The summed E-state index contributed by atoms with van der Waals surface area (Å²) in [5.41, 5.74) is 7.60. The van der Waals surface area contributed by atoms with Gasteiger partial charge >= 0.3 is 0 Å². The Morgan fingerprint density at radius 1 is 0.878 bits per heavy atom. The smallest absolute Gasteiger partial charge is 0.271 e. The van der Waals surface area contributed by atoms with Crippen LogP contribution in [-0.4, -0.2) is 43.0 Å². The molecule has 1 aliphatic heterocycles. The maximum Gasteiger partial charge on any atom is 0.271 e. The highest BCUT2D eigenvalue weighted by Crippen LogP contribution is 2.43. The zero-order valence-corrected chi connectivity index (χ0v) is 28.7. The van der Waals surface area contributed by atoms with Gasteiger partial charge in [-0.15, -0.1) is 10.2 Å². The fourth-order valence-corrected chi connectivity index (χ4v) is 7.84. The summed E-state index contributed by atoms with van der Waals surface area (Å²) in [6.07, 6.45) is 0.656. The van der Waals surface area contributed by atoms with Crippen molar-refractivity contribution in [2.45, 2.75) is 49.8 Å². The summed E-state index contributed by atoms with van der Waals surface area (Å²) < 4.78 is 14.2. The van der Waals surface area contributed by atoms with Crippen molar-refractivity contribution < 1.29 is 19.4 Å². The zero-order chi connectivity index (χ0) is 33.7. The Balaban J connectivity index is 1.05. The lowest BCUT2D eigenvalue weighted by Gasteiger charge is -2.41. The fourth-order valence-electron chi connectivity index (χ4n) is 5.83. The number of carbonyl (C=O) groups excluding carboxylic acids is 1. The predicted molar refractivity (Wildman–Crippen MR) is 191 cm³/mol. The minimum Gasteiger partial charge on any atom is -0.392 e. The third-order valence-electron chi connectivity index (χ3n) is 8.58. The molecule has 6 aromatic rings. The molecule has 1 fully saturated rings. The highest BCUT2D eigenvalue weighted by Gasteiger charge is 2.38. The highest BCUT2D eigenvalue weighted by atomic mass is 32.2. The minimum atomic E-state index is -0.561. The Labute approximate surface area is 292 Å². The van der Waals surface area contributed by atoms with Gasteiger partial charge in [-0.3, -0.25) is 9.78 Å². The largest absolute Gasteiger partial charge is 0.392 e. The van der Waals surface area contributed by atoms with Crippen LogP contribution in [0.1, 0.15) is 57.1 Å². The highest BCUT2D eigenvalue weighted by molar-refractivity contribution is 8.01. The Hall–Kier alpha value is -4.52. The van der Waals surface area contributed by atoms with E-state index in [1.807, 2.05) is 79.7 Å². The number of para-hydroxylation sites is 2. The van der Waals surface area contributed by atoms with Gasteiger partial charge in [0.25, 0.3) is 5.91 Å². The van der Waals surface area contributed by atoms with Crippen LogP contribution in [-0.2, 0) is 22.6 Å². The summed E-state index contributed by atoms with van der Waals surface area (Å²) in [4.78, 5) is 21.7. The number of aryl methyl sites for hydroxylation is 1. The second-order valence-electron chi connectivity index (χ2n) is 12.0. The van der Waals surface area contributed by atoms with E-state index in [2.05, 4.69) is 56.7 Å². The standard InChI is InChI=1S/C38H35N5O4S2/c1-23-34(22-48-38-43-42-24(2)49-38)46-37(47-35(23)28-12-10-25(21-44)11-13-28)29-16-14-27(15-17-29)30-7-5-6-26(18-30)19-40-36(45)33-20-39-31-8-3-4-9-32(31)41-33/h3-18,20,23,34-35,37,44H,19,21-22H2,1-2H3,(H,40,45)/t23-,34+,35+,37+/m1/s1. The number of fused-ring (bicyclic) bond motifs is 1. The number of aromatic nitrogens is 4. The average Bonchev–Trinajstić information content (AvgIpc) is 3.58.